The number of piperazine rings is 1. The molecule has 1 aromatic carbocycles. The summed E-state index contributed by atoms with van der Waals surface area (Å²) < 4.78 is 32.1. The smallest absolute Gasteiger partial charge is 0.243 e. The van der Waals surface area contributed by atoms with Crippen molar-refractivity contribution in [2.24, 2.45) is 0 Å². The number of benzene rings is 1. The second-order valence-corrected chi connectivity index (χ2v) is 7.13. The molecule has 0 bridgehead atoms. The molecular formula is C14H22N2O3S. The Labute approximate surface area is 121 Å². The van der Waals surface area contributed by atoms with Gasteiger partial charge in [0.1, 0.15) is 5.75 Å². The van der Waals surface area contributed by atoms with Gasteiger partial charge in [-0.3, -0.25) is 0 Å². The summed E-state index contributed by atoms with van der Waals surface area (Å²) in [5.41, 5.74) is 0. The van der Waals surface area contributed by atoms with Crippen LogP contribution < -0.4 is 10.1 Å². The third kappa shape index (κ3) is 3.31. The van der Waals surface area contributed by atoms with E-state index in [4.69, 9.17) is 4.74 Å². The minimum Gasteiger partial charge on any atom is -0.494 e. The zero-order chi connectivity index (χ0) is 14.8. The minimum absolute atomic E-state index is 0.163. The molecule has 6 heteroatoms. The topological polar surface area (TPSA) is 58.6 Å². The van der Waals surface area contributed by atoms with E-state index in [1.165, 1.54) is 0 Å². The van der Waals surface area contributed by atoms with Crippen LogP contribution in [0.2, 0.25) is 0 Å². The van der Waals surface area contributed by atoms with Gasteiger partial charge in [-0.15, -0.1) is 0 Å². The fourth-order valence-corrected chi connectivity index (χ4v) is 4.11. The Balaban J connectivity index is 2.21. The van der Waals surface area contributed by atoms with Gasteiger partial charge in [0.05, 0.1) is 11.5 Å². The highest BCUT2D eigenvalue weighted by atomic mass is 32.2. The van der Waals surface area contributed by atoms with Gasteiger partial charge in [-0.05, 0) is 45.0 Å². The van der Waals surface area contributed by atoms with Crippen LogP contribution in [0.4, 0.5) is 0 Å². The molecule has 1 heterocycles. The highest BCUT2D eigenvalue weighted by Gasteiger charge is 2.31. The largest absolute Gasteiger partial charge is 0.494 e. The molecule has 1 fully saturated rings. The number of nitrogens with one attached hydrogen (secondary N) is 1. The van der Waals surface area contributed by atoms with E-state index in [-0.39, 0.29) is 12.1 Å². The maximum atomic E-state index is 12.6. The highest BCUT2D eigenvalue weighted by molar-refractivity contribution is 7.89. The number of nitrogens with zero attached hydrogens (tertiary/aromatic N) is 1. The summed E-state index contributed by atoms with van der Waals surface area (Å²) in [5, 5.41) is 3.33. The summed E-state index contributed by atoms with van der Waals surface area (Å²) in [7, 11) is -3.42. The first-order valence-electron chi connectivity index (χ1n) is 6.92. The van der Waals surface area contributed by atoms with Crippen LogP contribution in [0, 0.1) is 0 Å². The maximum Gasteiger partial charge on any atom is 0.243 e. The van der Waals surface area contributed by atoms with Gasteiger partial charge in [0.25, 0.3) is 0 Å². The Morgan fingerprint density at radius 1 is 1.20 bits per heavy atom. The van der Waals surface area contributed by atoms with Crippen molar-refractivity contribution >= 4 is 10.0 Å². The van der Waals surface area contributed by atoms with E-state index in [9.17, 15) is 8.42 Å². The molecule has 0 aromatic heterocycles. The molecule has 0 saturated carbocycles. The van der Waals surface area contributed by atoms with Crippen LogP contribution in [0.25, 0.3) is 0 Å². The molecule has 0 aliphatic carbocycles. The van der Waals surface area contributed by atoms with Gasteiger partial charge < -0.3 is 10.1 Å². The standard InChI is InChI=1S/C14H22N2O3S/c1-4-19-13-5-7-14(8-6-13)20(17,18)16-9-11(2)15-12(3)10-16/h5-8,11-12,15H,4,9-10H2,1-3H3. The summed E-state index contributed by atoms with van der Waals surface area (Å²) in [6.45, 7) is 7.46. The van der Waals surface area contributed by atoms with Gasteiger partial charge in [0.2, 0.25) is 10.0 Å². The fraction of sp³-hybridized carbons (Fsp3) is 0.571. The Hall–Kier alpha value is -1.11. The molecule has 2 unspecified atom stereocenters. The zero-order valence-electron chi connectivity index (χ0n) is 12.2. The van der Waals surface area contributed by atoms with Crippen molar-refractivity contribution in [3.8, 4) is 5.75 Å². The number of sulfonamides is 1. The number of ether oxygens (including phenoxy) is 1. The van der Waals surface area contributed by atoms with E-state index in [1.54, 1.807) is 28.6 Å². The molecule has 1 aromatic rings. The van der Waals surface area contributed by atoms with Crippen LogP contribution in [0.3, 0.4) is 0 Å². The fourth-order valence-electron chi connectivity index (χ4n) is 2.50. The lowest BCUT2D eigenvalue weighted by Gasteiger charge is -2.35. The lowest BCUT2D eigenvalue weighted by molar-refractivity contribution is 0.263. The van der Waals surface area contributed by atoms with Crippen LogP contribution in [0.5, 0.6) is 5.75 Å². The van der Waals surface area contributed by atoms with Crippen molar-refractivity contribution in [2.45, 2.75) is 37.8 Å². The average Bonchev–Trinajstić information content (AvgIpc) is 2.38. The summed E-state index contributed by atoms with van der Waals surface area (Å²) in [6.07, 6.45) is 0. The second kappa shape index (κ2) is 6.11. The molecule has 0 radical (unpaired) electrons. The monoisotopic (exact) mass is 298 g/mol. The minimum atomic E-state index is -3.42. The summed E-state index contributed by atoms with van der Waals surface area (Å²) in [6, 6.07) is 6.94. The van der Waals surface area contributed by atoms with Crippen LogP contribution in [0.15, 0.2) is 29.2 Å². The van der Waals surface area contributed by atoms with Crippen LogP contribution in [0.1, 0.15) is 20.8 Å². The number of hydrogen-bond acceptors (Lipinski definition) is 4. The summed E-state index contributed by atoms with van der Waals surface area (Å²) >= 11 is 0. The van der Waals surface area contributed by atoms with Gasteiger partial charge in [-0.1, -0.05) is 0 Å². The molecule has 1 aliphatic heterocycles. The molecule has 20 heavy (non-hydrogen) atoms. The second-order valence-electron chi connectivity index (χ2n) is 5.20. The predicted octanol–water partition coefficient (Wildman–Crippen LogP) is 1.46. The molecule has 0 amide bonds. The molecule has 5 nitrogen and oxygen atoms in total. The summed E-state index contributed by atoms with van der Waals surface area (Å²) in [4.78, 5) is 0.322. The summed E-state index contributed by atoms with van der Waals surface area (Å²) in [5.74, 6) is 0.688. The first kappa shape index (κ1) is 15.3. The highest BCUT2D eigenvalue weighted by Crippen LogP contribution is 2.21. The van der Waals surface area contributed by atoms with Gasteiger partial charge >= 0.3 is 0 Å². The molecule has 112 valence electrons. The molecular weight excluding hydrogens is 276 g/mol. The molecule has 1 saturated heterocycles. The van der Waals surface area contributed by atoms with Gasteiger partial charge in [0.15, 0.2) is 0 Å². The molecule has 0 spiro atoms. The Kier molecular flexibility index (Phi) is 4.67. The van der Waals surface area contributed by atoms with Crippen molar-refractivity contribution < 1.29 is 13.2 Å². The number of hydrogen-bond donors (Lipinski definition) is 1. The van der Waals surface area contributed by atoms with Crippen LogP contribution in [-0.4, -0.2) is 44.5 Å². The lowest BCUT2D eigenvalue weighted by atomic mass is 10.2. The van der Waals surface area contributed by atoms with Crippen LogP contribution in [-0.2, 0) is 10.0 Å². The molecule has 2 atom stereocenters. The third-order valence-corrected chi connectivity index (χ3v) is 5.14. The van der Waals surface area contributed by atoms with Crippen molar-refractivity contribution in [3.05, 3.63) is 24.3 Å². The van der Waals surface area contributed by atoms with Crippen LogP contribution >= 0.6 is 0 Å². The van der Waals surface area contributed by atoms with Crippen molar-refractivity contribution in [2.75, 3.05) is 19.7 Å². The Bertz CT molecular complexity index is 532. The SMILES string of the molecule is CCOc1ccc(S(=O)(=O)N2CC(C)NC(C)C2)cc1. The van der Waals surface area contributed by atoms with Crippen molar-refractivity contribution in [1.29, 1.82) is 0 Å². The predicted molar refractivity (Wildman–Crippen MR) is 78.4 cm³/mol. The van der Waals surface area contributed by atoms with Gasteiger partial charge in [0, 0.05) is 25.2 Å². The van der Waals surface area contributed by atoms with E-state index in [1.807, 2.05) is 20.8 Å². The van der Waals surface area contributed by atoms with E-state index < -0.39 is 10.0 Å². The zero-order valence-corrected chi connectivity index (χ0v) is 13.0. The van der Waals surface area contributed by atoms with Crippen molar-refractivity contribution in [3.63, 3.8) is 0 Å². The molecule has 1 N–H and O–H groups in total. The first-order valence-corrected chi connectivity index (χ1v) is 8.36. The lowest BCUT2D eigenvalue weighted by Crippen LogP contribution is -2.55. The quantitative estimate of drug-likeness (QED) is 0.914. The molecule has 2 rings (SSSR count). The third-order valence-electron chi connectivity index (χ3n) is 3.30. The van der Waals surface area contributed by atoms with E-state index in [0.29, 0.717) is 30.3 Å². The van der Waals surface area contributed by atoms with Gasteiger partial charge in [-0.2, -0.15) is 4.31 Å². The van der Waals surface area contributed by atoms with Gasteiger partial charge in [-0.25, -0.2) is 8.42 Å². The van der Waals surface area contributed by atoms with E-state index in [0.717, 1.165) is 0 Å². The average molecular weight is 298 g/mol. The molecule has 1 aliphatic rings. The Morgan fingerprint density at radius 3 is 2.25 bits per heavy atom. The Morgan fingerprint density at radius 2 is 1.75 bits per heavy atom. The maximum absolute atomic E-state index is 12.6. The van der Waals surface area contributed by atoms with E-state index in [2.05, 4.69) is 5.32 Å². The first-order chi connectivity index (χ1) is 9.43. The number of rotatable bonds is 4. The van der Waals surface area contributed by atoms with Crippen molar-refractivity contribution in [1.82, 2.24) is 9.62 Å². The van der Waals surface area contributed by atoms with E-state index >= 15 is 0 Å². The normalized spacial score (nSPS) is 24.6.